The van der Waals surface area contributed by atoms with Crippen LogP contribution in [-0.4, -0.2) is 5.91 Å². The average Bonchev–Trinajstić information content (AvgIpc) is 2.69. The zero-order chi connectivity index (χ0) is 15.0. The molecule has 2 heteroatoms. The van der Waals surface area contributed by atoms with Gasteiger partial charge in [-0.25, -0.2) is 0 Å². The van der Waals surface area contributed by atoms with Crippen LogP contribution in [0.4, 0.5) is 0 Å². The van der Waals surface area contributed by atoms with Crippen molar-refractivity contribution >= 4 is 5.91 Å². The minimum atomic E-state index is -0.172. The predicted octanol–water partition coefficient (Wildman–Crippen LogP) is 5.34. The molecule has 1 amide bonds. The Bertz CT molecular complexity index is 293. The van der Waals surface area contributed by atoms with Crippen LogP contribution in [0.2, 0.25) is 0 Å². The van der Waals surface area contributed by atoms with E-state index in [-0.39, 0.29) is 11.3 Å². The lowest BCUT2D eigenvalue weighted by atomic mass is 9.65. The van der Waals surface area contributed by atoms with Gasteiger partial charge in [0, 0.05) is 0 Å². The number of primary amides is 1. The molecule has 2 rings (SSSR count). The minimum Gasteiger partial charge on any atom is -0.369 e. The lowest BCUT2D eigenvalue weighted by Gasteiger charge is -2.39. The predicted molar refractivity (Wildman–Crippen MR) is 89.0 cm³/mol. The standard InChI is InChI=1S/C19H35NO/c20-18(21)19(15-11-7-3-4-8-12-16-19)17-13-9-5-1-2-6-10-14-17/h17H,1-16H2,(H2,20,21). The molecular formula is C19H35NO. The van der Waals surface area contributed by atoms with E-state index in [2.05, 4.69) is 0 Å². The van der Waals surface area contributed by atoms with Gasteiger partial charge in [0.05, 0.1) is 5.41 Å². The van der Waals surface area contributed by atoms with Gasteiger partial charge < -0.3 is 5.73 Å². The fraction of sp³-hybridized carbons (Fsp3) is 0.947. The van der Waals surface area contributed by atoms with Crippen molar-refractivity contribution in [1.82, 2.24) is 0 Å². The van der Waals surface area contributed by atoms with Crippen LogP contribution in [-0.2, 0) is 4.79 Å². The summed E-state index contributed by atoms with van der Waals surface area (Å²) in [6, 6.07) is 0. The molecule has 0 radical (unpaired) electrons. The molecule has 0 bridgehead atoms. The van der Waals surface area contributed by atoms with Crippen LogP contribution in [0.1, 0.15) is 103 Å². The van der Waals surface area contributed by atoms with Crippen molar-refractivity contribution in [2.75, 3.05) is 0 Å². The molecule has 0 aromatic rings. The van der Waals surface area contributed by atoms with E-state index in [1.807, 2.05) is 0 Å². The van der Waals surface area contributed by atoms with Crippen LogP contribution < -0.4 is 5.73 Å². The first kappa shape index (κ1) is 16.8. The summed E-state index contributed by atoms with van der Waals surface area (Å²) in [5, 5.41) is 0. The number of hydrogen-bond acceptors (Lipinski definition) is 1. The second-order valence-electron chi connectivity index (χ2n) is 7.54. The van der Waals surface area contributed by atoms with Gasteiger partial charge in [-0.15, -0.1) is 0 Å². The molecule has 2 N–H and O–H groups in total. The van der Waals surface area contributed by atoms with E-state index in [0.29, 0.717) is 5.92 Å². The van der Waals surface area contributed by atoms with Gasteiger partial charge in [-0.05, 0) is 31.6 Å². The van der Waals surface area contributed by atoms with Crippen molar-refractivity contribution in [3.05, 3.63) is 0 Å². The fourth-order valence-corrected chi connectivity index (χ4v) is 4.75. The first-order valence-electron chi connectivity index (χ1n) is 9.56. The smallest absolute Gasteiger partial charge is 0.223 e. The van der Waals surface area contributed by atoms with E-state index in [1.165, 1.54) is 89.9 Å². The molecule has 2 saturated carbocycles. The number of hydrogen-bond donors (Lipinski definition) is 1. The highest BCUT2D eigenvalue weighted by atomic mass is 16.1. The monoisotopic (exact) mass is 293 g/mol. The molecule has 0 heterocycles. The van der Waals surface area contributed by atoms with Gasteiger partial charge in [0.2, 0.25) is 5.91 Å². The summed E-state index contributed by atoms with van der Waals surface area (Å²) >= 11 is 0. The highest BCUT2D eigenvalue weighted by Gasteiger charge is 2.42. The summed E-state index contributed by atoms with van der Waals surface area (Å²) in [5.74, 6) is 0.583. The molecule has 0 spiro atoms. The van der Waals surface area contributed by atoms with Crippen LogP contribution >= 0.6 is 0 Å². The third-order valence-electron chi connectivity index (χ3n) is 6.12. The molecule has 2 fully saturated rings. The molecule has 0 atom stereocenters. The molecule has 2 aliphatic rings. The third kappa shape index (κ3) is 4.72. The number of nitrogens with two attached hydrogens (primary N) is 1. The summed E-state index contributed by atoms with van der Waals surface area (Å²) in [5.41, 5.74) is 5.82. The third-order valence-corrected chi connectivity index (χ3v) is 6.12. The largest absolute Gasteiger partial charge is 0.369 e. The Hall–Kier alpha value is -0.530. The summed E-state index contributed by atoms with van der Waals surface area (Å²) in [6.07, 6.45) is 20.4. The van der Waals surface area contributed by atoms with Crippen molar-refractivity contribution in [2.45, 2.75) is 103 Å². The molecule has 0 aliphatic heterocycles. The minimum absolute atomic E-state index is 0.0219. The van der Waals surface area contributed by atoms with Crippen molar-refractivity contribution in [2.24, 2.45) is 17.1 Å². The molecule has 2 nitrogen and oxygen atoms in total. The van der Waals surface area contributed by atoms with Crippen molar-refractivity contribution < 1.29 is 4.79 Å². The highest BCUT2D eigenvalue weighted by Crippen LogP contribution is 2.45. The maximum atomic E-state index is 12.5. The Morgan fingerprint density at radius 1 is 0.667 bits per heavy atom. The van der Waals surface area contributed by atoms with E-state index in [1.54, 1.807) is 0 Å². The van der Waals surface area contributed by atoms with Crippen LogP contribution in [0.15, 0.2) is 0 Å². The van der Waals surface area contributed by atoms with Crippen molar-refractivity contribution in [3.63, 3.8) is 0 Å². The molecule has 0 saturated heterocycles. The van der Waals surface area contributed by atoms with Crippen LogP contribution in [0.25, 0.3) is 0 Å². The van der Waals surface area contributed by atoms with Crippen LogP contribution in [0.3, 0.4) is 0 Å². The zero-order valence-corrected chi connectivity index (χ0v) is 13.9. The Labute approximate surface area is 131 Å². The normalized spacial score (nSPS) is 26.5. The van der Waals surface area contributed by atoms with Crippen LogP contribution in [0, 0.1) is 11.3 Å². The Morgan fingerprint density at radius 3 is 1.48 bits per heavy atom. The molecule has 122 valence electrons. The number of amides is 1. The van der Waals surface area contributed by atoms with Gasteiger partial charge >= 0.3 is 0 Å². The van der Waals surface area contributed by atoms with Gasteiger partial charge in [0.1, 0.15) is 0 Å². The Kier molecular flexibility index (Phi) is 7.06. The van der Waals surface area contributed by atoms with Crippen molar-refractivity contribution in [3.8, 4) is 0 Å². The Morgan fingerprint density at radius 2 is 1.05 bits per heavy atom. The average molecular weight is 293 g/mol. The maximum absolute atomic E-state index is 12.5. The quantitative estimate of drug-likeness (QED) is 0.733. The fourth-order valence-electron chi connectivity index (χ4n) is 4.75. The van der Waals surface area contributed by atoms with Gasteiger partial charge in [0.15, 0.2) is 0 Å². The number of carbonyl (C=O) groups excluding carboxylic acids is 1. The summed E-state index contributed by atoms with van der Waals surface area (Å²) in [4.78, 5) is 12.5. The van der Waals surface area contributed by atoms with E-state index in [4.69, 9.17) is 5.73 Å². The Balaban J connectivity index is 2.13. The molecular weight excluding hydrogens is 258 g/mol. The van der Waals surface area contributed by atoms with Gasteiger partial charge in [-0.2, -0.15) is 0 Å². The van der Waals surface area contributed by atoms with Crippen LogP contribution in [0.5, 0.6) is 0 Å². The zero-order valence-electron chi connectivity index (χ0n) is 13.9. The molecule has 21 heavy (non-hydrogen) atoms. The van der Waals surface area contributed by atoms with Crippen molar-refractivity contribution in [1.29, 1.82) is 0 Å². The highest BCUT2D eigenvalue weighted by molar-refractivity contribution is 5.81. The first-order valence-corrected chi connectivity index (χ1v) is 9.56. The lowest BCUT2D eigenvalue weighted by molar-refractivity contribution is -0.133. The summed E-state index contributed by atoms with van der Waals surface area (Å²) in [7, 11) is 0. The van der Waals surface area contributed by atoms with E-state index < -0.39 is 0 Å². The first-order chi connectivity index (χ1) is 10.3. The maximum Gasteiger partial charge on any atom is 0.223 e. The van der Waals surface area contributed by atoms with E-state index >= 15 is 0 Å². The van der Waals surface area contributed by atoms with Gasteiger partial charge in [-0.1, -0.05) is 77.0 Å². The van der Waals surface area contributed by atoms with E-state index in [9.17, 15) is 4.79 Å². The second kappa shape index (κ2) is 8.80. The number of carbonyl (C=O) groups is 1. The molecule has 0 unspecified atom stereocenters. The van der Waals surface area contributed by atoms with E-state index in [0.717, 1.165) is 12.8 Å². The molecule has 0 aromatic carbocycles. The summed E-state index contributed by atoms with van der Waals surface area (Å²) in [6.45, 7) is 0. The van der Waals surface area contributed by atoms with Gasteiger partial charge in [0.25, 0.3) is 0 Å². The number of rotatable bonds is 2. The molecule has 0 aromatic heterocycles. The second-order valence-corrected chi connectivity index (χ2v) is 7.54. The van der Waals surface area contributed by atoms with Gasteiger partial charge in [-0.3, -0.25) is 4.79 Å². The summed E-state index contributed by atoms with van der Waals surface area (Å²) < 4.78 is 0. The topological polar surface area (TPSA) is 43.1 Å². The SMILES string of the molecule is NC(=O)C1(C2CCCCCCCC2)CCCCCCCC1. The lowest BCUT2D eigenvalue weighted by Crippen LogP contribution is -2.43. The molecule has 2 aliphatic carbocycles.